The lowest BCUT2D eigenvalue weighted by Gasteiger charge is -2.05. The van der Waals surface area contributed by atoms with Gasteiger partial charge in [0.15, 0.2) is 5.82 Å². The molecule has 0 aliphatic carbocycles. The maximum atomic E-state index is 11.9. The number of halogens is 3. The molecule has 2 heterocycles. The molecule has 18 heavy (non-hydrogen) atoms. The molecule has 1 fully saturated rings. The van der Waals surface area contributed by atoms with Gasteiger partial charge in [0, 0.05) is 0 Å². The van der Waals surface area contributed by atoms with Gasteiger partial charge in [0.25, 0.3) is 0 Å². The van der Waals surface area contributed by atoms with Crippen molar-refractivity contribution < 1.29 is 18.0 Å². The van der Waals surface area contributed by atoms with E-state index in [0.29, 0.717) is 5.82 Å². The van der Waals surface area contributed by atoms with E-state index in [1.807, 2.05) is 0 Å². The molecule has 0 radical (unpaired) electrons. The van der Waals surface area contributed by atoms with E-state index in [-0.39, 0.29) is 18.4 Å². The van der Waals surface area contributed by atoms with Crippen LogP contribution in [0.2, 0.25) is 0 Å². The van der Waals surface area contributed by atoms with Gasteiger partial charge >= 0.3 is 12.1 Å². The summed E-state index contributed by atoms with van der Waals surface area (Å²) < 4.78 is 35.8. The first-order valence-corrected chi connectivity index (χ1v) is 5.46. The van der Waals surface area contributed by atoms with Gasteiger partial charge in [-0.25, -0.2) is 4.98 Å². The Kier molecular flexibility index (Phi) is 3.50. The molecule has 3 N–H and O–H groups in total. The third-order valence-electron chi connectivity index (χ3n) is 2.59. The summed E-state index contributed by atoms with van der Waals surface area (Å²) in [6, 6.07) is 0.0355. The molecule has 100 valence electrons. The summed E-state index contributed by atoms with van der Waals surface area (Å²) in [6.07, 6.45) is -2.97. The number of aromatic nitrogens is 3. The van der Waals surface area contributed by atoms with Gasteiger partial charge in [-0.2, -0.15) is 18.3 Å². The summed E-state index contributed by atoms with van der Waals surface area (Å²) in [5, 5.41) is 11.3. The average molecular weight is 263 g/mol. The topological polar surface area (TPSA) is 82.7 Å². The summed E-state index contributed by atoms with van der Waals surface area (Å²) in [6.45, 7) is 0.553. The van der Waals surface area contributed by atoms with E-state index < -0.39 is 12.1 Å². The fourth-order valence-corrected chi connectivity index (χ4v) is 1.71. The zero-order valence-corrected chi connectivity index (χ0v) is 9.34. The molecule has 6 nitrogen and oxygen atoms in total. The van der Waals surface area contributed by atoms with Crippen LogP contribution < -0.4 is 10.6 Å². The lowest BCUT2D eigenvalue weighted by molar-refractivity contribution is -0.173. The number of amides is 1. The standard InChI is InChI=1S/C9H12F3N5O/c10-9(11,12)8(18)14-4-6-15-7(17-16-6)5-2-1-3-13-5/h5,13H,1-4H2,(H,14,18)(H,15,16,17). The second-order valence-electron chi connectivity index (χ2n) is 3.97. The summed E-state index contributed by atoms with van der Waals surface area (Å²) in [5.41, 5.74) is 0. The maximum Gasteiger partial charge on any atom is 0.471 e. The van der Waals surface area contributed by atoms with Crippen LogP contribution >= 0.6 is 0 Å². The summed E-state index contributed by atoms with van der Waals surface area (Å²) >= 11 is 0. The number of carbonyl (C=O) groups excluding carboxylic acids is 1. The van der Waals surface area contributed by atoms with Crippen molar-refractivity contribution in [2.75, 3.05) is 6.54 Å². The molecule has 2 rings (SSSR count). The van der Waals surface area contributed by atoms with E-state index >= 15 is 0 Å². The van der Waals surface area contributed by atoms with Crippen LogP contribution in [0.1, 0.15) is 30.5 Å². The molecule has 1 unspecified atom stereocenters. The quantitative estimate of drug-likeness (QED) is 0.737. The molecule has 1 atom stereocenters. The second-order valence-corrected chi connectivity index (χ2v) is 3.97. The minimum Gasteiger partial charge on any atom is -0.341 e. The highest BCUT2D eigenvalue weighted by molar-refractivity contribution is 5.81. The minimum absolute atomic E-state index is 0.0355. The Morgan fingerprint density at radius 2 is 2.28 bits per heavy atom. The van der Waals surface area contributed by atoms with Gasteiger partial charge in [-0.3, -0.25) is 9.89 Å². The van der Waals surface area contributed by atoms with Gasteiger partial charge in [0.05, 0.1) is 12.6 Å². The molecule has 0 spiro atoms. The van der Waals surface area contributed by atoms with Crippen molar-refractivity contribution in [1.29, 1.82) is 0 Å². The second kappa shape index (κ2) is 4.92. The first kappa shape index (κ1) is 12.8. The van der Waals surface area contributed by atoms with E-state index in [2.05, 4.69) is 20.5 Å². The predicted molar refractivity (Wildman–Crippen MR) is 54.3 cm³/mol. The van der Waals surface area contributed by atoms with E-state index in [1.54, 1.807) is 5.32 Å². The molecule has 0 aromatic carbocycles. The van der Waals surface area contributed by atoms with Crippen LogP contribution in [0.4, 0.5) is 13.2 Å². The lowest BCUT2D eigenvalue weighted by Crippen LogP contribution is -2.36. The number of nitrogens with one attached hydrogen (secondary N) is 3. The molecule has 1 aromatic heterocycles. The average Bonchev–Trinajstić information content (AvgIpc) is 2.94. The zero-order valence-electron chi connectivity index (χ0n) is 9.34. The van der Waals surface area contributed by atoms with Crippen LogP contribution in [0.3, 0.4) is 0 Å². The van der Waals surface area contributed by atoms with Crippen LogP contribution in [0, 0.1) is 0 Å². The molecule has 0 saturated carbocycles. The number of aromatic amines is 1. The SMILES string of the molecule is O=C(NCc1nc(C2CCCN2)n[nH]1)C(F)(F)F. The Hall–Kier alpha value is -1.64. The monoisotopic (exact) mass is 263 g/mol. The first-order valence-electron chi connectivity index (χ1n) is 5.46. The fraction of sp³-hybridized carbons (Fsp3) is 0.667. The van der Waals surface area contributed by atoms with Gasteiger partial charge in [-0.05, 0) is 19.4 Å². The van der Waals surface area contributed by atoms with Crippen LogP contribution in [0.5, 0.6) is 0 Å². The van der Waals surface area contributed by atoms with E-state index in [1.165, 1.54) is 0 Å². The number of hydrogen-bond donors (Lipinski definition) is 3. The molecular formula is C9H12F3N5O. The van der Waals surface area contributed by atoms with Crippen molar-refractivity contribution >= 4 is 5.91 Å². The maximum absolute atomic E-state index is 11.9. The number of rotatable bonds is 3. The molecule has 1 saturated heterocycles. The molecule has 1 aliphatic heterocycles. The van der Waals surface area contributed by atoms with E-state index in [0.717, 1.165) is 19.4 Å². The summed E-state index contributed by atoms with van der Waals surface area (Å²) in [4.78, 5) is 14.6. The third kappa shape index (κ3) is 2.97. The van der Waals surface area contributed by atoms with E-state index in [9.17, 15) is 18.0 Å². The zero-order chi connectivity index (χ0) is 13.2. The van der Waals surface area contributed by atoms with Gasteiger partial charge in [0.2, 0.25) is 0 Å². The lowest BCUT2D eigenvalue weighted by atomic mass is 10.2. The van der Waals surface area contributed by atoms with Crippen molar-refractivity contribution in [3.63, 3.8) is 0 Å². The largest absolute Gasteiger partial charge is 0.471 e. The highest BCUT2D eigenvalue weighted by atomic mass is 19.4. The number of nitrogens with zero attached hydrogens (tertiary/aromatic N) is 2. The molecule has 1 amide bonds. The van der Waals surface area contributed by atoms with Gasteiger partial charge in [-0.1, -0.05) is 0 Å². The van der Waals surface area contributed by atoms with Crippen LogP contribution in [-0.2, 0) is 11.3 Å². The summed E-state index contributed by atoms with van der Waals surface area (Å²) in [5.74, 6) is -1.26. The van der Waals surface area contributed by atoms with Crippen molar-refractivity contribution in [3.8, 4) is 0 Å². The number of carbonyl (C=O) groups is 1. The molecule has 1 aromatic rings. The normalized spacial score (nSPS) is 20.1. The Morgan fingerprint density at radius 3 is 2.89 bits per heavy atom. The highest BCUT2D eigenvalue weighted by Crippen LogP contribution is 2.19. The van der Waals surface area contributed by atoms with Crippen molar-refractivity contribution in [3.05, 3.63) is 11.6 Å². The van der Waals surface area contributed by atoms with Crippen molar-refractivity contribution in [2.45, 2.75) is 31.6 Å². The van der Waals surface area contributed by atoms with Gasteiger partial charge in [0.1, 0.15) is 5.82 Å². The van der Waals surface area contributed by atoms with Crippen LogP contribution in [0.25, 0.3) is 0 Å². The predicted octanol–water partition coefficient (Wildman–Crippen LogP) is 0.408. The fourth-order valence-electron chi connectivity index (χ4n) is 1.71. The number of hydrogen-bond acceptors (Lipinski definition) is 4. The van der Waals surface area contributed by atoms with Gasteiger partial charge in [-0.15, -0.1) is 0 Å². The minimum atomic E-state index is -4.88. The molecule has 9 heteroatoms. The Labute approximate surface area is 100 Å². The Balaban J connectivity index is 1.89. The molecular weight excluding hydrogens is 251 g/mol. The number of H-pyrrole nitrogens is 1. The molecule has 0 bridgehead atoms. The van der Waals surface area contributed by atoms with E-state index in [4.69, 9.17) is 0 Å². The Morgan fingerprint density at radius 1 is 1.50 bits per heavy atom. The first-order chi connectivity index (χ1) is 8.47. The van der Waals surface area contributed by atoms with Gasteiger partial charge < -0.3 is 10.6 Å². The van der Waals surface area contributed by atoms with Crippen LogP contribution in [0.15, 0.2) is 0 Å². The van der Waals surface area contributed by atoms with Crippen LogP contribution in [-0.4, -0.2) is 33.8 Å². The van der Waals surface area contributed by atoms with Crippen molar-refractivity contribution in [1.82, 2.24) is 25.8 Å². The highest BCUT2D eigenvalue weighted by Gasteiger charge is 2.38. The smallest absolute Gasteiger partial charge is 0.341 e. The summed E-state index contributed by atoms with van der Waals surface area (Å²) in [7, 11) is 0. The van der Waals surface area contributed by atoms with Crippen molar-refractivity contribution in [2.24, 2.45) is 0 Å². The third-order valence-corrected chi connectivity index (χ3v) is 2.59. The number of alkyl halides is 3. The Bertz CT molecular complexity index is 424. The molecule has 1 aliphatic rings.